The molecule has 5 rings (SSSR count). The van der Waals surface area contributed by atoms with E-state index in [0.717, 1.165) is 12.8 Å². The van der Waals surface area contributed by atoms with Crippen molar-refractivity contribution in [3.63, 3.8) is 0 Å². The number of carbonyl (C=O) groups excluding carboxylic acids is 3. The molecule has 36 heavy (non-hydrogen) atoms. The zero-order chi connectivity index (χ0) is 25.6. The number of Topliss-reactive ketones (excluding diaryl/α,β-unsaturated/α-hetero) is 1. The molecule has 1 spiro atoms. The summed E-state index contributed by atoms with van der Waals surface area (Å²) in [5.41, 5.74) is -0.351. The number of aliphatic hydroxyl groups is 1. The summed E-state index contributed by atoms with van der Waals surface area (Å²) in [4.78, 5) is 46.8. The van der Waals surface area contributed by atoms with Gasteiger partial charge in [0.2, 0.25) is 5.78 Å². The van der Waals surface area contributed by atoms with E-state index in [2.05, 4.69) is 0 Å². The quantitative estimate of drug-likeness (QED) is 0.485. The molecule has 0 bridgehead atoms. The van der Waals surface area contributed by atoms with Crippen LogP contribution in [0.15, 0.2) is 70.3 Å². The SMILES string of the molecule is CCCCN1C(=O)[C@]2(C(C(=O)c3cc4ccccc4o3)=C(O)C(=O)N2CCN(C)C)c2ccccc21. The maximum atomic E-state index is 14.3. The zero-order valence-electron chi connectivity index (χ0n) is 20.7. The van der Waals surface area contributed by atoms with E-state index in [-0.39, 0.29) is 17.9 Å². The number of para-hydroxylation sites is 2. The number of rotatable bonds is 8. The average molecular weight is 488 g/mol. The number of aliphatic hydroxyl groups excluding tert-OH is 1. The van der Waals surface area contributed by atoms with Gasteiger partial charge in [0.1, 0.15) is 5.58 Å². The summed E-state index contributed by atoms with van der Waals surface area (Å²) in [6.45, 7) is 3.06. The van der Waals surface area contributed by atoms with Crippen molar-refractivity contribution in [2.24, 2.45) is 0 Å². The van der Waals surface area contributed by atoms with Crippen molar-refractivity contribution in [1.29, 1.82) is 0 Å². The fraction of sp³-hybridized carbons (Fsp3) is 0.321. The second-order valence-electron chi connectivity index (χ2n) is 9.50. The summed E-state index contributed by atoms with van der Waals surface area (Å²) >= 11 is 0. The van der Waals surface area contributed by atoms with Crippen molar-refractivity contribution in [3.05, 3.63) is 77.3 Å². The van der Waals surface area contributed by atoms with E-state index < -0.39 is 28.9 Å². The Hall–Kier alpha value is -3.91. The lowest BCUT2D eigenvalue weighted by Gasteiger charge is -2.36. The number of likely N-dealkylation sites (N-methyl/N-ethyl adjacent to an activating group) is 1. The fourth-order valence-electron chi connectivity index (χ4n) is 5.23. The number of unbranched alkanes of at least 4 members (excludes halogenated alkanes) is 1. The number of ketones is 1. The number of nitrogens with zero attached hydrogens (tertiary/aromatic N) is 3. The van der Waals surface area contributed by atoms with E-state index in [1.807, 2.05) is 50.2 Å². The third kappa shape index (κ3) is 3.36. The summed E-state index contributed by atoms with van der Waals surface area (Å²) in [6.07, 6.45) is 1.62. The van der Waals surface area contributed by atoms with Crippen molar-refractivity contribution in [2.45, 2.75) is 25.3 Å². The summed E-state index contributed by atoms with van der Waals surface area (Å²) in [7, 11) is 3.72. The Bertz CT molecular complexity index is 1370. The van der Waals surface area contributed by atoms with Gasteiger partial charge in [-0.25, -0.2) is 0 Å². The van der Waals surface area contributed by atoms with Crippen molar-refractivity contribution in [2.75, 3.05) is 38.6 Å². The molecule has 2 amide bonds. The van der Waals surface area contributed by atoms with E-state index in [1.54, 1.807) is 35.2 Å². The van der Waals surface area contributed by atoms with Crippen molar-refractivity contribution < 1.29 is 23.9 Å². The third-order valence-corrected chi connectivity index (χ3v) is 6.97. The van der Waals surface area contributed by atoms with E-state index in [0.29, 0.717) is 35.3 Å². The molecule has 1 atom stereocenters. The molecule has 0 fully saturated rings. The smallest absolute Gasteiger partial charge is 0.290 e. The van der Waals surface area contributed by atoms with Crippen LogP contribution in [0.1, 0.15) is 35.9 Å². The Morgan fingerprint density at radius 3 is 2.50 bits per heavy atom. The number of benzene rings is 2. The van der Waals surface area contributed by atoms with Gasteiger partial charge in [-0.1, -0.05) is 49.7 Å². The van der Waals surface area contributed by atoms with Gasteiger partial charge in [-0.3, -0.25) is 14.4 Å². The van der Waals surface area contributed by atoms with Gasteiger partial charge in [0.05, 0.1) is 11.3 Å². The molecule has 8 nitrogen and oxygen atoms in total. The Morgan fingerprint density at radius 1 is 1.06 bits per heavy atom. The molecule has 0 saturated heterocycles. The monoisotopic (exact) mass is 487 g/mol. The number of hydrogen-bond acceptors (Lipinski definition) is 6. The van der Waals surface area contributed by atoms with Crippen molar-refractivity contribution >= 4 is 34.3 Å². The van der Waals surface area contributed by atoms with Crippen LogP contribution in [0.4, 0.5) is 5.69 Å². The maximum Gasteiger partial charge on any atom is 0.290 e. The third-order valence-electron chi connectivity index (χ3n) is 6.97. The highest BCUT2D eigenvalue weighted by molar-refractivity contribution is 6.26. The number of anilines is 1. The van der Waals surface area contributed by atoms with Crippen LogP contribution in [0.3, 0.4) is 0 Å². The van der Waals surface area contributed by atoms with Gasteiger partial charge >= 0.3 is 0 Å². The van der Waals surface area contributed by atoms with Crippen LogP contribution in [-0.2, 0) is 15.1 Å². The molecular formula is C28H29N3O5. The van der Waals surface area contributed by atoms with Crippen LogP contribution in [0, 0.1) is 0 Å². The first-order valence-corrected chi connectivity index (χ1v) is 12.2. The molecule has 3 heterocycles. The maximum absolute atomic E-state index is 14.3. The van der Waals surface area contributed by atoms with Crippen LogP contribution in [0.5, 0.6) is 0 Å². The lowest BCUT2D eigenvalue weighted by molar-refractivity contribution is -0.140. The standard InChI is InChI=1S/C28H29N3O5/c1-4-5-14-30-20-12-8-7-11-19(20)28(27(30)35)23(25(33)26(34)31(28)16-15-29(2)3)24(32)22-17-18-10-6-9-13-21(18)36-22/h6-13,17,33H,4-5,14-16H2,1-3H3/t28-/m1/s1. The Morgan fingerprint density at radius 2 is 1.78 bits per heavy atom. The van der Waals surface area contributed by atoms with E-state index in [4.69, 9.17) is 4.42 Å². The summed E-state index contributed by atoms with van der Waals surface area (Å²) in [6, 6.07) is 16.0. The minimum atomic E-state index is -1.77. The molecule has 0 aliphatic carbocycles. The minimum Gasteiger partial charge on any atom is -0.503 e. The van der Waals surface area contributed by atoms with Crippen molar-refractivity contribution in [1.82, 2.24) is 9.80 Å². The van der Waals surface area contributed by atoms with E-state index in [1.165, 1.54) is 4.90 Å². The molecule has 0 radical (unpaired) electrons. The lowest BCUT2D eigenvalue weighted by Crippen LogP contribution is -2.55. The Labute approximate surface area is 209 Å². The number of hydrogen-bond donors (Lipinski definition) is 1. The molecule has 2 aliphatic heterocycles. The van der Waals surface area contributed by atoms with Crippen LogP contribution in [-0.4, -0.2) is 66.2 Å². The van der Waals surface area contributed by atoms with Crippen molar-refractivity contribution in [3.8, 4) is 0 Å². The van der Waals surface area contributed by atoms with Gasteiger partial charge < -0.3 is 24.2 Å². The van der Waals surface area contributed by atoms with Gasteiger partial charge in [-0.15, -0.1) is 0 Å². The number of fused-ring (bicyclic) bond motifs is 3. The second-order valence-corrected chi connectivity index (χ2v) is 9.50. The highest BCUT2D eigenvalue weighted by Crippen LogP contribution is 2.53. The molecule has 8 heteroatoms. The lowest BCUT2D eigenvalue weighted by atomic mass is 9.81. The Kier molecular flexibility index (Phi) is 5.92. The molecular weight excluding hydrogens is 458 g/mol. The number of amides is 2. The first-order chi connectivity index (χ1) is 17.3. The first kappa shape index (κ1) is 23.8. The molecule has 1 aromatic heterocycles. The van der Waals surface area contributed by atoms with Gasteiger partial charge in [-0.05, 0) is 38.7 Å². The highest BCUT2D eigenvalue weighted by Gasteiger charge is 2.65. The summed E-state index contributed by atoms with van der Waals surface area (Å²) in [5.74, 6) is -2.56. The van der Waals surface area contributed by atoms with E-state index in [9.17, 15) is 19.5 Å². The fourth-order valence-corrected chi connectivity index (χ4v) is 5.23. The van der Waals surface area contributed by atoms with Crippen LogP contribution in [0.2, 0.25) is 0 Å². The zero-order valence-corrected chi connectivity index (χ0v) is 20.7. The van der Waals surface area contributed by atoms with Crippen LogP contribution < -0.4 is 4.90 Å². The topological polar surface area (TPSA) is 94.3 Å². The molecule has 0 saturated carbocycles. The normalized spacial score (nSPS) is 19.4. The molecule has 0 unspecified atom stereocenters. The molecule has 2 aliphatic rings. The summed E-state index contributed by atoms with van der Waals surface area (Å²) in [5, 5.41) is 11.9. The number of furan rings is 1. The first-order valence-electron chi connectivity index (χ1n) is 12.2. The van der Waals surface area contributed by atoms with Gasteiger partial charge in [0, 0.05) is 30.6 Å². The predicted molar refractivity (Wildman–Crippen MR) is 136 cm³/mol. The van der Waals surface area contributed by atoms with Gasteiger partial charge in [0.15, 0.2) is 17.1 Å². The second kappa shape index (κ2) is 8.95. The molecule has 2 aromatic carbocycles. The van der Waals surface area contributed by atoms with E-state index >= 15 is 0 Å². The van der Waals surface area contributed by atoms with Crippen LogP contribution in [0.25, 0.3) is 11.0 Å². The highest BCUT2D eigenvalue weighted by atomic mass is 16.3. The number of carbonyl (C=O) groups is 3. The molecule has 3 aromatic rings. The Balaban J connectivity index is 1.73. The summed E-state index contributed by atoms with van der Waals surface area (Å²) < 4.78 is 5.82. The van der Waals surface area contributed by atoms with Gasteiger partial charge in [0.25, 0.3) is 11.8 Å². The predicted octanol–water partition coefficient (Wildman–Crippen LogP) is 3.87. The molecule has 186 valence electrons. The molecule has 1 N–H and O–H groups in total. The average Bonchev–Trinajstić information content (AvgIpc) is 3.47. The minimum absolute atomic E-state index is 0.0309. The van der Waals surface area contributed by atoms with Crippen LogP contribution >= 0.6 is 0 Å². The largest absolute Gasteiger partial charge is 0.503 e. The van der Waals surface area contributed by atoms with Gasteiger partial charge in [-0.2, -0.15) is 0 Å².